The quantitative estimate of drug-likeness (QED) is 0.0343. The van der Waals surface area contributed by atoms with Gasteiger partial charge in [0.1, 0.15) is 13.2 Å². The second-order valence-electron chi connectivity index (χ2n) is 20.6. The molecule has 0 heterocycles. The van der Waals surface area contributed by atoms with Crippen LogP contribution in [0.25, 0.3) is 0 Å². The number of esters is 3. The van der Waals surface area contributed by atoms with E-state index in [0.29, 0.717) is 19.3 Å². The zero-order valence-corrected chi connectivity index (χ0v) is 45.0. The summed E-state index contributed by atoms with van der Waals surface area (Å²) < 4.78 is 16.9. The molecule has 0 saturated heterocycles. The summed E-state index contributed by atoms with van der Waals surface area (Å²) in [7, 11) is 0. The zero-order chi connectivity index (χ0) is 47.9. The van der Waals surface area contributed by atoms with Crippen LogP contribution in [-0.4, -0.2) is 37.2 Å². The highest BCUT2D eigenvalue weighted by Crippen LogP contribution is 2.18. The van der Waals surface area contributed by atoms with Crippen LogP contribution in [0, 0.1) is 0 Å². The summed E-state index contributed by atoms with van der Waals surface area (Å²) in [4.78, 5) is 38.0. The Hall–Kier alpha value is -1.59. The van der Waals surface area contributed by atoms with Crippen LogP contribution in [0.2, 0.25) is 0 Å². The minimum absolute atomic E-state index is 0.0614. The highest BCUT2D eigenvalue weighted by atomic mass is 16.6. The van der Waals surface area contributed by atoms with E-state index in [-0.39, 0.29) is 31.1 Å². The molecule has 0 saturated carbocycles. The zero-order valence-electron chi connectivity index (χ0n) is 45.0. The Morgan fingerprint density at radius 3 is 0.606 bits per heavy atom. The van der Waals surface area contributed by atoms with Gasteiger partial charge in [-0.25, -0.2) is 0 Å². The predicted molar refractivity (Wildman–Crippen MR) is 284 cm³/mol. The third-order valence-corrected chi connectivity index (χ3v) is 13.9. The lowest BCUT2D eigenvalue weighted by molar-refractivity contribution is -0.167. The first-order valence-corrected chi connectivity index (χ1v) is 30.0. The minimum Gasteiger partial charge on any atom is -0.462 e. The van der Waals surface area contributed by atoms with Gasteiger partial charge in [-0.3, -0.25) is 14.4 Å². The third-order valence-electron chi connectivity index (χ3n) is 13.9. The Bertz CT molecular complexity index is 982. The second-order valence-corrected chi connectivity index (χ2v) is 20.6. The van der Waals surface area contributed by atoms with Crippen molar-refractivity contribution >= 4 is 17.9 Å². The number of unbranched alkanes of at least 4 members (excludes halogenated alkanes) is 45. The first kappa shape index (κ1) is 64.4. The fraction of sp³-hybridized carbons (Fsp3) is 0.950. The molecule has 66 heavy (non-hydrogen) atoms. The maximum Gasteiger partial charge on any atom is 0.306 e. The molecule has 0 bridgehead atoms. The van der Waals surface area contributed by atoms with Crippen molar-refractivity contribution in [2.75, 3.05) is 13.2 Å². The lowest BCUT2D eigenvalue weighted by atomic mass is 10.0. The predicted octanol–water partition coefficient (Wildman–Crippen LogP) is 19.9. The molecular weight excluding hydrogens is 817 g/mol. The van der Waals surface area contributed by atoms with E-state index in [1.165, 1.54) is 250 Å². The number of ether oxygens (including phenoxy) is 3. The van der Waals surface area contributed by atoms with Crippen molar-refractivity contribution in [3.05, 3.63) is 0 Å². The molecule has 1 unspecified atom stereocenters. The van der Waals surface area contributed by atoms with Crippen LogP contribution >= 0.6 is 0 Å². The average Bonchev–Trinajstić information content (AvgIpc) is 3.31. The van der Waals surface area contributed by atoms with Gasteiger partial charge in [0.2, 0.25) is 0 Å². The van der Waals surface area contributed by atoms with Crippen LogP contribution < -0.4 is 0 Å². The molecule has 1 atom stereocenters. The SMILES string of the molecule is CCCCCCCCCCCCCCCCCCCCCCCCCCC(=O)OCC(COC(=O)CCCCCCCCCCC)OC(=O)CCCCCCCCCCCCCCCCC. The van der Waals surface area contributed by atoms with E-state index in [2.05, 4.69) is 20.8 Å². The summed E-state index contributed by atoms with van der Waals surface area (Å²) in [6.45, 7) is 6.69. The van der Waals surface area contributed by atoms with Gasteiger partial charge in [-0.15, -0.1) is 0 Å². The van der Waals surface area contributed by atoms with Gasteiger partial charge < -0.3 is 14.2 Å². The molecule has 0 aromatic rings. The summed E-state index contributed by atoms with van der Waals surface area (Å²) in [6.07, 6.45) is 62.6. The summed E-state index contributed by atoms with van der Waals surface area (Å²) in [5.41, 5.74) is 0. The molecule has 0 aliphatic rings. The van der Waals surface area contributed by atoms with Gasteiger partial charge in [0.15, 0.2) is 6.10 Å². The Morgan fingerprint density at radius 1 is 0.242 bits per heavy atom. The fourth-order valence-electron chi connectivity index (χ4n) is 9.33. The molecule has 6 heteroatoms. The Balaban J connectivity index is 4.12. The molecule has 0 rings (SSSR count). The van der Waals surface area contributed by atoms with Crippen molar-refractivity contribution in [1.82, 2.24) is 0 Å². The van der Waals surface area contributed by atoms with Crippen molar-refractivity contribution in [2.24, 2.45) is 0 Å². The molecule has 392 valence electrons. The van der Waals surface area contributed by atoms with Gasteiger partial charge in [-0.05, 0) is 19.3 Å². The number of carbonyl (C=O) groups is 3. The van der Waals surface area contributed by atoms with Crippen molar-refractivity contribution < 1.29 is 28.6 Å². The number of carbonyl (C=O) groups excluding carboxylic acids is 3. The van der Waals surface area contributed by atoms with E-state index in [9.17, 15) is 14.4 Å². The average molecular weight is 934 g/mol. The fourth-order valence-corrected chi connectivity index (χ4v) is 9.33. The first-order chi connectivity index (χ1) is 32.5. The summed E-state index contributed by atoms with van der Waals surface area (Å²) >= 11 is 0. The lowest BCUT2D eigenvalue weighted by Gasteiger charge is -2.18. The molecule has 0 N–H and O–H groups in total. The van der Waals surface area contributed by atoms with Gasteiger partial charge in [-0.2, -0.15) is 0 Å². The van der Waals surface area contributed by atoms with Crippen molar-refractivity contribution in [2.45, 2.75) is 354 Å². The minimum atomic E-state index is -0.760. The topological polar surface area (TPSA) is 78.9 Å². The van der Waals surface area contributed by atoms with Crippen molar-refractivity contribution in [3.63, 3.8) is 0 Å². The van der Waals surface area contributed by atoms with Crippen LogP contribution in [0.15, 0.2) is 0 Å². The number of hydrogen-bond donors (Lipinski definition) is 0. The van der Waals surface area contributed by atoms with Crippen LogP contribution in [-0.2, 0) is 28.6 Å². The first-order valence-electron chi connectivity index (χ1n) is 30.0. The molecular formula is C60H116O6. The monoisotopic (exact) mass is 933 g/mol. The van der Waals surface area contributed by atoms with Gasteiger partial charge in [-0.1, -0.05) is 310 Å². The Morgan fingerprint density at radius 2 is 0.409 bits per heavy atom. The number of hydrogen-bond acceptors (Lipinski definition) is 6. The van der Waals surface area contributed by atoms with Gasteiger partial charge >= 0.3 is 17.9 Å². The Labute approximate surface area is 412 Å². The maximum absolute atomic E-state index is 12.8. The second kappa shape index (κ2) is 56.0. The van der Waals surface area contributed by atoms with Crippen molar-refractivity contribution in [3.8, 4) is 0 Å². The Kier molecular flexibility index (Phi) is 54.7. The lowest BCUT2D eigenvalue weighted by Crippen LogP contribution is -2.30. The molecule has 0 aliphatic carbocycles. The standard InChI is InChI=1S/C60H116O6/c1-4-7-10-13-16-19-21-23-25-26-27-28-29-30-31-32-33-35-36-38-41-44-47-50-53-59(62)65-56-57(55-64-58(61)52-49-46-43-40-18-15-12-9-6-3)66-60(63)54-51-48-45-42-39-37-34-24-22-20-17-14-11-8-5-2/h57H,4-56H2,1-3H3. The molecule has 0 aromatic carbocycles. The van der Waals surface area contributed by atoms with E-state index in [1.54, 1.807) is 0 Å². The van der Waals surface area contributed by atoms with E-state index >= 15 is 0 Å². The molecule has 0 spiro atoms. The molecule has 6 nitrogen and oxygen atoms in total. The van der Waals surface area contributed by atoms with Gasteiger partial charge in [0.25, 0.3) is 0 Å². The normalized spacial score (nSPS) is 11.9. The summed E-state index contributed by atoms with van der Waals surface area (Å²) in [6, 6.07) is 0. The summed E-state index contributed by atoms with van der Waals surface area (Å²) in [5, 5.41) is 0. The van der Waals surface area contributed by atoms with Crippen LogP contribution in [0.4, 0.5) is 0 Å². The van der Waals surface area contributed by atoms with Crippen LogP contribution in [0.1, 0.15) is 348 Å². The molecule has 0 aliphatic heterocycles. The van der Waals surface area contributed by atoms with Crippen LogP contribution in [0.5, 0.6) is 0 Å². The number of rotatable bonds is 56. The van der Waals surface area contributed by atoms with Gasteiger partial charge in [0.05, 0.1) is 0 Å². The smallest absolute Gasteiger partial charge is 0.306 e. The highest BCUT2D eigenvalue weighted by molar-refractivity contribution is 5.71. The van der Waals surface area contributed by atoms with Crippen LogP contribution in [0.3, 0.4) is 0 Å². The van der Waals surface area contributed by atoms with Gasteiger partial charge in [0, 0.05) is 19.3 Å². The third kappa shape index (κ3) is 53.4. The van der Waals surface area contributed by atoms with E-state index < -0.39 is 6.10 Å². The summed E-state index contributed by atoms with van der Waals surface area (Å²) in [5.74, 6) is -0.836. The van der Waals surface area contributed by atoms with Crippen molar-refractivity contribution in [1.29, 1.82) is 0 Å². The molecule has 0 aromatic heterocycles. The molecule has 0 radical (unpaired) electrons. The van der Waals surface area contributed by atoms with E-state index in [1.807, 2.05) is 0 Å². The van der Waals surface area contributed by atoms with E-state index in [4.69, 9.17) is 14.2 Å². The largest absolute Gasteiger partial charge is 0.462 e. The highest BCUT2D eigenvalue weighted by Gasteiger charge is 2.19. The van der Waals surface area contributed by atoms with E-state index in [0.717, 1.165) is 57.8 Å². The maximum atomic E-state index is 12.8. The molecule has 0 fully saturated rings. The molecule has 0 amide bonds.